The molecule has 0 saturated heterocycles. The number of alkyl halides is 3. The van der Waals surface area contributed by atoms with Crippen molar-refractivity contribution in [3.8, 4) is 6.07 Å². The van der Waals surface area contributed by atoms with Crippen molar-refractivity contribution in [1.29, 1.82) is 5.26 Å². The maximum atomic E-state index is 12.7. The van der Waals surface area contributed by atoms with Gasteiger partial charge in [-0.15, -0.1) is 0 Å². The highest BCUT2D eigenvalue weighted by Crippen LogP contribution is 2.36. The normalized spacial score (nSPS) is 12.0. The molecule has 0 saturated carbocycles. The third-order valence-corrected chi connectivity index (χ3v) is 4.48. The Kier molecular flexibility index (Phi) is 7.67. The molecule has 5 nitrogen and oxygen atoms in total. The van der Waals surface area contributed by atoms with Gasteiger partial charge >= 0.3 is 11.5 Å². The van der Waals surface area contributed by atoms with Crippen molar-refractivity contribution >= 4 is 29.3 Å². The van der Waals surface area contributed by atoms with E-state index >= 15 is 0 Å². The molecule has 2 rings (SSSR count). The molecule has 2 aromatic carbocycles. The number of benzene rings is 2. The zero-order valence-electron chi connectivity index (χ0n) is 15.3. The molecule has 1 amide bonds. The van der Waals surface area contributed by atoms with E-state index in [2.05, 4.69) is 0 Å². The molecule has 0 aliphatic heterocycles. The van der Waals surface area contributed by atoms with E-state index in [0.29, 0.717) is 5.69 Å². The number of nitriles is 1. The van der Waals surface area contributed by atoms with E-state index in [-0.39, 0.29) is 35.2 Å². The maximum absolute atomic E-state index is 12.7. The Morgan fingerprint density at radius 1 is 1.14 bits per heavy atom. The van der Waals surface area contributed by atoms with Crippen LogP contribution in [0.4, 0.5) is 18.9 Å². The number of hydrogen-bond acceptors (Lipinski definition) is 5. The summed E-state index contributed by atoms with van der Waals surface area (Å²) in [4.78, 5) is 26.3. The molecule has 0 fully saturated rings. The summed E-state index contributed by atoms with van der Waals surface area (Å²) in [5.41, 5.74) is -3.84. The summed E-state index contributed by atoms with van der Waals surface area (Å²) in [5, 5.41) is 8.82. The second-order valence-electron chi connectivity index (χ2n) is 5.85. The fourth-order valence-electron chi connectivity index (χ4n) is 2.43. The number of ether oxygens (including phenoxy) is 1. The molecule has 0 radical (unpaired) electrons. The lowest BCUT2D eigenvalue weighted by atomic mass is 10.2. The van der Waals surface area contributed by atoms with Gasteiger partial charge in [-0.1, -0.05) is 18.2 Å². The first-order valence-electron chi connectivity index (χ1n) is 8.51. The fraction of sp³-hybridized carbons (Fsp3) is 0.250. The van der Waals surface area contributed by atoms with Gasteiger partial charge < -0.3 is 9.64 Å². The predicted molar refractivity (Wildman–Crippen MR) is 102 cm³/mol. The van der Waals surface area contributed by atoms with Crippen LogP contribution >= 0.6 is 11.8 Å². The van der Waals surface area contributed by atoms with E-state index in [4.69, 9.17) is 10.00 Å². The number of esters is 1. The average Bonchev–Trinajstić information content (AvgIpc) is 2.68. The number of carbonyl (C=O) groups is 2. The third kappa shape index (κ3) is 6.84. The summed E-state index contributed by atoms with van der Waals surface area (Å²) in [7, 11) is 0. The molecule has 9 heteroatoms. The molecule has 0 aliphatic carbocycles. The van der Waals surface area contributed by atoms with Crippen molar-refractivity contribution in [3.05, 3.63) is 60.2 Å². The maximum Gasteiger partial charge on any atom is 0.446 e. The van der Waals surface area contributed by atoms with Crippen LogP contribution in [0.5, 0.6) is 0 Å². The summed E-state index contributed by atoms with van der Waals surface area (Å²) in [6.07, 6.45) is -1.05. The van der Waals surface area contributed by atoms with Gasteiger partial charge in [0.2, 0.25) is 0 Å². The Morgan fingerprint density at radius 2 is 1.76 bits per heavy atom. The minimum atomic E-state index is -4.42. The lowest BCUT2D eigenvalue weighted by molar-refractivity contribution is -0.126. The van der Waals surface area contributed by atoms with Crippen molar-refractivity contribution in [2.45, 2.75) is 29.9 Å². The van der Waals surface area contributed by atoms with E-state index in [1.165, 1.54) is 24.0 Å². The van der Waals surface area contributed by atoms with Crippen LogP contribution < -0.4 is 4.90 Å². The first kappa shape index (κ1) is 22.3. The highest BCUT2D eigenvalue weighted by Gasteiger charge is 2.29. The van der Waals surface area contributed by atoms with Crippen LogP contribution in [0.2, 0.25) is 0 Å². The second-order valence-corrected chi connectivity index (χ2v) is 6.99. The fourth-order valence-corrected chi connectivity index (χ4v) is 2.97. The highest BCUT2D eigenvalue weighted by molar-refractivity contribution is 8.00. The Hall–Kier alpha value is -2.99. The Balaban J connectivity index is 2.06. The molecule has 0 aliphatic rings. The van der Waals surface area contributed by atoms with Crippen LogP contribution in [0, 0.1) is 11.3 Å². The largest absolute Gasteiger partial charge is 0.449 e. The molecule has 0 N–H and O–H groups in total. The molecule has 1 unspecified atom stereocenters. The molecular weight excluding hydrogens is 405 g/mol. The van der Waals surface area contributed by atoms with Crippen molar-refractivity contribution in [2.75, 3.05) is 11.4 Å². The van der Waals surface area contributed by atoms with E-state index in [1.54, 1.807) is 30.3 Å². The highest BCUT2D eigenvalue weighted by atomic mass is 32.2. The van der Waals surface area contributed by atoms with Crippen LogP contribution in [0.1, 0.15) is 23.7 Å². The van der Waals surface area contributed by atoms with Gasteiger partial charge in [0.15, 0.2) is 6.10 Å². The van der Waals surface area contributed by atoms with Crippen LogP contribution in [0.3, 0.4) is 0 Å². The van der Waals surface area contributed by atoms with Gasteiger partial charge in [0.05, 0.1) is 18.1 Å². The summed E-state index contributed by atoms with van der Waals surface area (Å²) < 4.78 is 42.3. The first-order valence-corrected chi connectivity index (χ1v) is 9.33. The Labute approximate surface area is 170 Å². The molecule has 2 aromatic rings. The van der Waals surface area contributed by atoms with Crippen molar-refractivity contribution in [2.24, 2.45) is 0 Å². The molecule has 0 heterocycles. The molecular formula is C20H17F3N2O3S. The summed E-state index contributed by atoms with van der Waals surface area (Å²) in [6.45, 7) is 1.53. The number of nitrogens with zero attached hydrogens (tertiary/aromatic N) is 2. The predicted octanol–water partition coefficient (Wildman–Crippen LogP) is 4.79. The minimum absolute atomic E-state index is 0.0273. The monoisotopic (exact) mass is 422 g/mol. The van der Waals surface area contributed by atoms with Gasteiger partial charge in [0.1, 0.15) is 0 Å². The van der Waals surface area contributed by atoms with Gasteiger partial charge in [0.25, 0.3) is 5.91 Å². The number of thioether (sulfide) groups is 1. The number of para-hydroxylation sites is 1. The first-order chi connectivity index (χ1) is 13.7. The van der Waals surface area contributed by atoms with Crippen molar-refractivity contribution < 1.29 is 27.5 Å². The minimum Gasteiger partial charge on any atom is -0.449 e. The number of amides is 1. The lowest BCUT2D eigenvalue weighted by Crippen LogP contribution is -2.40. The standard InChI is InChI=1S/C20H17F3N2O3S/c1-14(18(26)25(13-5-12-24)16-6-3-2-4-7-16)28-19(27)15-8-10-17(11-9-15)29-20(21,22)23/h2-4,6-11,14H,5,13H2,1H3. The topological polar surface area (TPSA) is 70.4 Å². The molecule has 0 aromatic heterocycles. The Morgan fingerprint density at radius 3 is 2.31 bits per heavy atom. The molecule has 0 bridgehead atoms. The number of halogens is 3. The van der Waals surface area contributed by atoms with Crippen molar-refractivity contribution in [1.82, 2.24) is 0 Å². The van der Waals surface area contributed by atoms with Crippen LogP contribution in [-0.4, -0.2) is 30.0 Å². The molecule has 1 atom stereocenters. The number of rotatable bonds is 7. The molecule has 0 spiro atoms. The molecule has 29 heavy (non-hydrogen) atoms. The van der Waals surface area contributed by atoms with E-state index in [9.17, 15) is 22.8 Å². The summed E-state index contributed by atoms with van der Waals surface area (Å²) >= 11 is -0.290. The van der Waals surface area contributed by atoms with Crippen molar-refractivity contribution in [3.63, 3.8) is 0 Å². The van der Waals surface area contributed by atoms with E-state index < -0.39 is 23.5 Å². The van der Waals surface area contributed by atoms with E-state index in [0.717, 1.165) is 12.1 Å². The summed E-state index contributed by atoms with van der Waals surface area (Å²) in [5.74, 6) is -1.34. The number of hydrogen-bond donors (Lipinski definition) is 0. The summed E-state index contributed by atoms with van der Waals surface area (Å²) in [6, 6.07) is 15.3. The zero-order chi connectivity index (χ0) is 21.4. The average molecular weight is 422 g/mol. The zero-order valence-corrected chi connectivity index (χ0v) is 16.2. The van der Waals surface area contributed by atoms with E-state index in [1.807, 2.05) is 6.07 Å². The van der Waals surface area contributed by atoms with Gasteiger partial charge in [-0.3, -0.25) is 4.79 Å². The Bertz CT molecular complexity index is 881. The van der Waals surface area contributed by atoms with Gasteiger partial charge in [-0.2, -0.15) is 18.4 Å². The lowest BCUT2D eigenvalue weighted by Gasteiger charge is -2.25. The van der Waals surface area contributed by atoms with Gasteiger partial charge in [-0.05, 0) is 55.1 Å². The number of carbonyl (C=O) groups excluding carboxylic acids is 2. The number of anilines is 1. The SMILES string of the molecule is CC(OC(=O)c1ccc(SC(F)(F)F)cc1)C(=O)N(CCC#N)c1ccccc1. The van der Waals surface area contributed by atoms with Gasteiger partial charge in [0, 0.05) is 17.1 Å². The van der Waals surface area contributed by atoms with Crippen LogP contribution in [-0.2, 0) is 9.53 Å². The molecule has 152 valence electrons. The third-order valence-electron chi connectivity index (χ3n) is 3.74. The van der Waals surface area contributed by atoms with Crippen LogP contribution in [0.25, 0.3) is 0 Å². The van der Waals surface area contributed by atoms with Gasteiger partial charge in [-0.25, -0.2) is 4.79 Å². The van der Waals surface area contributed by atoms with Crippen LogP contribution in [0.15, 0.2) is 59.5 Å². The second kappa shape index (κ2) is 9.98. The quantitative estimate of drug-likeness (QED) is 0.474. The smallest absolute Gasteiger partial charge is 0.446 e.